The van der Waals surface area contributed by atoms with Gasteiger partial charge in [0.2, 0.25) is 10.0 Å². The van der Waals surface area contributed by atoms with Gasteiger partial charge in [0.1, 0.15) is 5.82 Å². The Balaban J connectivity index is 1.95. The molecule has 0 N–H and O–H groups in total. The van der Waals surface area contributed by atoms with Crippen molar-refractivity contribution in [2.45, 2.75) is 12.8 Å². The predicted molar refractivity (Wildman–Crippen MR) is 65.3 cm³/mol. The van der Waals surface area contributed by atoms with E-state index in [0.717, 1.165) is 0 Å². The lowest BCUT2D eigenvalue weighted by Gasteiger charge is -2.13. The van der Waals surface area contributed by atoms with Crippen LogP contribution < -0.4 is 0 Å². The molecule has 0 radical (unpaired) electrons. The number of carbonyl (C=O) groups is 1. The Kier molecular flexibility index (Phi) is 3.77. The van der Waals surface area contributed by atoms with Crippen LogP contribution in [0.15, 0.2) is 24.3 Å². The molecule has 4 nitrogen and oxygen atoms in total. The van der Waals surface area contributed by atoms with E-state index in [1.165, 1.54) is 28.6 Å². The van der Waals surface area contributed by atoms with E-state index in [1.54, 1.807) is 0 Å². The summed E-state index contributed by atoms with van der Waals surface area (Å²) in [7, 11) is -3.15. The highest BCUT2D eigenvalue weighted by Crippen LogP contribution is 2.14. The quantitative estimate of drug-likeness (QED) is 0.779. The van der Waals surface area contributed by atoms with Gasteiger partial charge in [-0.15, -0.1) is 0 Å². The highest BCUT2D eigenvalue weighted by molar-refractivity contribution is 7.89. The van der Waals surface area contributed by atoms with Crippen molar-refractivity contribution in [2.75, 3.05) is 18.8 Å². The molecule has 1 aromatic carbocycles. The van der Waals surface area contributed by atoms with Gasteiger partial charge in [0.25, 0.3) is 0 Å². The molecule has 0 saturated carbocycles. The van der Waals surface area contributed by atoms with Crippen LogP contribution in [-0.4, -0.2) is 37.3 Å². The first kappa shape index (κ1) is 13.2. The van der Waals surface area contributed by atoms with Crippen LogP contribution in [0.4, 0.5) is 4.39 Å². The Hall–Kier alpha value is -1.27. The first-order chi connectivity index (χ1) is 8.49. The maximum atomic E-state index is 12.7. The monoisotopic (exact) mass is 271 g/mol. The van der Waals surface area contributed by atoms with E-state index in [2.05, 4.69) is 0 Å². The van der Waals surface area contributed by atoms with Crippen LogP contribution in [-0.2, 0) is 10.0 Å². The lowest BCUT2D eigenvalue weighted by Crippen LogP contribution is -2.28. The van der Waals surface area contributed by atoms with Crippen LogP contribution in [0.2, 0.25) is 0 Å². The third-order valence-corrected chi connectivity index (χ3v) is 4.91. The van der Waals surface area contributed by atoms with Crippen LogP contribution in [0.1, 0.15) is 23.2 Å². The molecule has 0 bridgehead atoms. The fraction of sp³-hybridized carbons (Fsp3) is 0.417. The Labute approximate surface area is 105 Å². The van der Waals surface area contributed by atoms with E-state index in [-0.39, 0.29) is 24.5 Å². The van der Waals surface area contributed by atoms with Crippen LogP contribution in [0.3, 0.4) is 0 Å². The van der Waals surface area contributed by atoms with Crippen molar-refractivity contribution in [1.82, 2.24) is 4.31 Å². The number of sulfonamides is 1. The first-order valence-electron chi connectivity index (χ1n) is 5.76. The lowest BCUT2D eigenvalue weighted by molar-refractivity contribution is 0.0976. The molecule has 0 aromatic heterocycles. The number of carbonyl (C=O) groups excluding carboxylic acids is 1. The van der Waals surface area contributed by atoms with E-state index < -0.39 is 15.8 Å². The smallest absolute Gasteiger partial charge is 0.214 e. The Morgan fingerprint density at radius 2 is 1.94 bits per heavy atom. The van der Waals surface area contributed by atoms with Crippen molar-refractivity contribution in [3.63, 3.8) is 0 Å². The summed E-state index contributed by atoms with van der Waals surface area (Å²) in [5, 5.41) is 0. The summed E-state index contributed by atoms with van der Waals surface area (Å²) < 4.78 is 37.1. The largest absolute Gasteiger partial charge is 0.294 e. The number of Topliss-reactive ketones (excluding diaryl/α,β-unsaturated/α-hetero) is 1. The van der Waals surface area contributed by atoms with Crippen molar-refractivity contribution >= 4 is 15.8 Å². The minimum Gasteiger partial charge on any atom is -0.294 e. The molecule has 1 fully saturated rings. The molecule has 1 saturated heterocycles. The van der Waals surface area contributed by atoms with E-state index in [4.69, 9.17) is 0 Å². The topological polar surface area (TPSA) is 54.5 Å². The number of hydrogen-bond donors (Lipinski definition) is 0. The van der Waals surface area contributed by atoms with Gasteiger partial charge >= 0.3 is 0 Å². The van der Waals surface area contributed by atoms with Crippen molar-refractivity contribution in [3.05, 3.63) is 35.6 Å². The van der Waals surface area contributed by atoms with Crippen LogP contribution in [0.25, 0.3) is 0 Å². The average Bonchev–Trinajstić information content (AvgIpc) is 2.66. The molecule has 0 aliphatic carbocycles. The summed E-state index contributed by atoms with van der Waals surface area (Å²) >= 11 is 0. The van der Waals surface area contributed by atoms with Crippen molar-refractivity contribution < 1.29 is 17.6 Å². The van der Waals surface area contributed by atoms with Crippen LogP contribution >= 0.6 is 0 Å². The molecule has 0 spiro atoms. The second-order valence-corrected chi connectivity index (χ2v) is 6.34. The van der Waals surface area contributed by atoms with Gasteiger partial charge in [0, 0.05) is 25.1 Å². The SMILES string of the molecule is O=C(CCN1CCCS1(=O)=O)c1ccc(F)cc1. The van der Waals surface area contributed by atoms with Crippen LogP contribution in [0, 0.1) is 5.82 Å². The van der Waals surface area contributed by atoms with Crippen molar-refractivity contribution in [3.8, 4) is 0 Å². The van der Waals surface area contributed by atoms with Gasteiger partial charge in [-0.25, -0.2) is 17.1 Å². The van der Waals surface area contributed by atoms with E-state index in [0.29, 0.717) is 18.5 Å². The van der Waals surface area contributed by atoms with Crippen molar-refractivity contribution in [1.29, 1.82) is 0 Å². The summed E-state index contributed by atoms with van der Waals surface area (Å²) in [5.74, 6) is -0.400. The average molecular weight is 271 g/mol. The molecule has 1 aromatic rings. The van der Waals surface area contributed by atoms with Gasteiger partial charge in [-0.2, -0.15) is 0 Å². The fourth-order valence-electron chi connectivity index (χ4n) is 1.95. The summed E-state index contributed by atoms with van der Waals surface area (Å²) in [6.07, 6.45) is 0.748. The molecule has 1 heterocycles. The van der Waals surface area contributed by atoms with Gasteiger partial charge < -0.3 is 0 Å². The van der Waals surface area contributed by atoms with Gasteiger partial charge in [0.05, 0.1) is 5.75 Å². The normalized spacial score (nSPS) is 18.9. The summed E-state index contributed by atoms with van der Waals surface area (Å²) in [4.78, 5) is 11.8. The molecule has 0 unspecified atom stereocenters. The molecule has 6 heteroatoms. The summed E-state index contributed by atoms with van der Waals surface area (Å²) in [6, 6.07) is 5.27. The first-order valence-corrected chi connectivity index (χ1v) is 7.36. The zero-order valence-corrected chi connectivity index (χ0v) is 10.6. The second-order valence-electron chi connectivity index (χ2n) is 4.25. The van der Waals surface area contributed by atoms with Gasteiger partial charge in [-0.3, -0.25) is 4.79 Å². The minimum atomic E-state index is -3.15. The second kappa shape index (κ2) is 5.16. The molecular weight excluding hydrogens is 257 g/mol. The number of nitrogens with zero attached hydrogens (tertiary/aromatic N) is 1. The highest BCUT2D eigenvalue weighted by atomic mass is 32.2. The molecule has 0 atom stereocenters. The number of ketones is 1. The third-order valence-electron chi connectivity index (χ3n) is 2.96. The van der Waals surface area contributed by atoms with Gasteiger partial charge in [-0.1, -0.05) is 0 Å². The zero-order chi connectivity index (χ0) is 13.2. The van der Waals surface area contributed by atoms with Crippen molar-refractivity contribution in [2.24, 2.45) is 0 Å². The maximum absolute atomic E-state index is 12.7. The molecule has 1 aliphatic heterocycles. The molecule has 2 rings (SSSR count). The number of halogens is 1. The standard InChI is InChI=1S/C12H14FNO3S/c13-11-4-2-10(3-5-11)12(15)6-8-14-7-1-9-18(14,16)17/h2-5H,1,6-9H2. The number of benzene rings is 1. The summed E-state index contributed by atoms with van der Waals surface area (Å²) in [6.45, 7) is 0.692. The molecule has 18 heavy (non-hydrogen) atoms. The fourth-order valence-corrected chi connectivity index (χ4v) is 3.48. The molecule has 98 valence electrons. The zero-order valence-electron chi connectivity index (χ0n) is 9.80. The van der Waals surface area contributed by atoms with E-state index in [9.17, 15) is 17.6 Å². The number of hydrogen-bond acceptors (Lipinski definition) is 3. The third kappa shape index (κ3) is 2.94. The van der Waals surface area contributed by atoms with E-state index >= 15 is 0 Å². The number of rotatable bonds is 4. The molecule has 0 amide bonds. The Bertz CT molecular complexity index is 539. The predicted octanol–water partition coefficient (Wildman–Crippen LogP) is 1.43. The molecule has 1 aliphatic rings. The highest BCUT2D eigenvalue weighted by Gasteiger charge is 2.28. The summed E-state index contributed by atoms with van der Waals surface area (Å²) in [5.41, 5.74) is 0.410. The lowest BCUT2D eigenvalue weighted by atomic mass is 10.1. The Morgan fingerprint density at radius 1 is 1.28 bits per heavy atom. The molecular formula is C12H14FNO3S. The van der Waals surface area contributed by atoms with E-state index in [1.807, 2.05) is 0 Å². The maximum Gasteiger partial charge on any atom is 0.214 e. The van der Waals surface area contributed by atoms with Gasteiger partial charge in [0.15, 0.2) is 5.78 Å². The minimum absolute atomic E-state index is 0.130. The Morgan fingerprint density at radius 3 is 2.50 bits per heavy atom. The van der Waals surface area contributed by atoms with Gasteiger partial charge in [-0.05, 0) is 30.7 Å². The van der Waals surface area contributed by atoms with Crippen LogP contribution in [0.5, 0.6) is 0 Å².